The van der Waals surface area contributed by atoms with E-state index in [1.165, 1.54) is 56.5 Å². The summed E-state index contributed by atoms with van der Waals surface area (Å²) in [4.78, 5) is 11.5. The Kier molecular flexibility index (Phi) is 4.73. The van der Waals surface area contributed by atoms with Gasteiger partial charge in [-0.2, -0.15) is 8.42 Å². The van der Waals surface area contributed by atoms with Crippen LogP contribution < -0.4 is 8.92 Å². The van der Waals surface area contributed by atoms with Gasteiger partial charge in [0.15, 0.2) is 11.5 Å². The SMILES string of the molecule is COc1ccc(S(=O)(=O)Oc2ccc(Cl)cc2C(C)=O)cc1. The summed E-state index contributed by atoms with van der Waals surface area (Å²) < 4.78 is 34.5. The lowest BCUT2D eigenvalue weighted by atomic mass is 10.1. The van der Waals surface area contributed by atoms with Crippen molar-refractivity contribution in [2.24, 2.45) is 0 Å². The van der Waals surface area contributed by atoms with Crippen molar-refractivity contribution in [2.75, 3.05) is 7.11 Å². The first-order valence-corrected chi connectivity index (χ1v) is 8.01. The molecule has 0 fully saturated rings. The standard InChI is InChI=1S/C15H13ClO5S/c1-10(17)14-9-11(16)3-8-15(14)21-22(18,19)13-6-4-12(20-2)5-7-13/h3-9H,1-2H3. The molecular formula is C15H13ClO5S. The van der Waals surface area contributed by atoms with Crippen molar-refractivity contribution in [1.29, 1.82) is 0 Å². The van der Waals surface area contributed by atoms with Crippen LogP contribution in [0.1, 0.15) is 17.3 Å². The minimum atomic E-state index is -4.06. The van der Waals surface area contributed by atoms with E-state index in [1.807, 2.05) is 0 Å². The molecule has 0 atom stereocenters. The van der Waals surface area contributed by atoms with Gasteiger partial charge in [-0.25, -0.2) is 0 Å². The van der Waals surface area contributed by atoms with E-state index in [4.69, 9.17) is 20.5 Å². The van der Waals surface area contributed by atoms with E-state index in [-0.39, 0.29) is 22.0 Å². The van der Waals surface area contributed by atoms with Crippen LogP contribution in [0.3, 0.4) is 0 Å². The quantitative estimate of drug-likeness (QED) is 0.617. The Hall–Kier alpha value is -2.05. The molecule has 0 saturated heterocycles. The molecule has 0 saturated carbocycles. The van der Waals surface area contributed by atoms with E-state index >= 15 is 0 Å². The third-order valence-corrected chi connectivity index (χ3v) is 4.35. The first kappa shape index (κ1) is 16.3. The largest absolute Gasteiger partial charge is 0.497 e. The van der Waals surface area contributed by atoms with Crippen LogP contribution in [-0.4, -0.2) is 21.3 Å². The van der Waals surface area contributed by atoms with E-state index < -0.39 is 10.1 Å². The Morgan fingerprint density at radius 1 is 1.09 bits per heavy atom. The van der Waals surface area contributed by atoms with Crippen molar-refractivity contribution in [3.63, 3.8) is 0 Å². The highest BCUT2D eigenvalue weighted by atomic mass is 35.5. The van der Waals surface area contributed by atoms with Gasteiger partial charge in [-0.3, -0.25) is 4.79 Å². The highest BCUT2D eigenvalue weighted by molar-refractivity contribution is 7.87. The molecule has 0 spiro atoms. The molecule has 0 amide bonds. The van der Waals surface area contributed by atoms with Crippen molar-refractivity contribution >= 4 is 27.5 Å². The molecule has 5 nitrogen and oxygen atoms in total. The zero-order chi connectivity index (χ0) is 16.3. The minimum Gasteiger partial charge on any atom is -0.497 e. The van der Waals surface area contributed by atoms with Gasteiger partial charge in [-0.1, -0.05) is 11.6 Å². The second-order valence-electron chi connectivity index (χ2n) is 4.41. The fourth-order valence-electron chi connectivity index (χ4n) is 1.76. The van der Waals surface area contributed by atoms with Gasteiger partial charge in [0, 0.05) is 5.02 Å². The van der Waals surface area contributed by atoms with E-state index in [0.29, 0.717) is 10.8 Å². The number of halogens is 1. The van der Waals surface area contributed by atoms with Gasteiger partial charge in [0.2, 0.25) is 0 Å². The summed E-state index contributed by atoms with van der Waals surface area (Å²) >= 11 is 5.81. The molecule has 116 valence electrons. The van der Waals surface area contributed by atoms with Crippen LogP contribution >= 0.6 is 11.6 Å². The molecule has 0 unspecified atom stereocenters. The Bertz CT molecular complexity index is 797. The fourth-order valence-corrected chi connectivity index (χ4v) is 2.88. The van der Waals surface area contributed by atoms with Gasteiger partial charge in [0.05, 0.1) is 12.7 Å². The van der Waals surface area contributed by atoms with Crippen LogP contribution in [0.25, 0.3) is 0 Å². The van der Waals surface area contributed by atoms with Crippen LogP contribution in [0.5, 0.6) is 11.5 Å². The number of benzene rings is 2. The number of hydrogen-bond donors (Lipinski definition) is 0. The molecule has 7 heteroatoms. The summed E-state index contributed by atoms with van der Waals surface area (Å²) in [5, 5.41) is 0.319. The Labute approximate surface area is 133 Å². The van der Waals surface area contributed by atoms with E-state index in [9.17, 15) is 13.2 Å². The summed E-state index contributed by atoms with van der Waals surface area (Å²) in [5.41, 5.74) is 0.101. The van der Waals surface area contributed by atoms with Gasteiger partial charge in [0.1, 0.15) is 10.6 Å². The van der Waals surface area contributed by atoms with Crippen molar-refractivity contribution in [2.45, 2.75) is 11.8 Å². The zero-order valence-corrected chi connectivity index (χ0v) is 13.4. The highest BCUT2D eigenvalue weighted by Crippen LogP contribution is 2.27. The summed E-state index contributed by atoms with van der Waals surface area (Å²) in [5.74, 6) is 0.116. The molecule has 0 heterocycles. The summed E-state index contributed by atoms with van der Waals surface area (Å²) in [7, 11) is -2.58. The molecule has 0 aliphatic rings. The van der Waals surface area contributed by atoms with Crippen molar-refractivity contribution in [3.8, 4) is 11.5 Å². The molecule has 0 aliphatic heterocycles. The predicted molar refractivity (Wildman–Crippen MR) is 82.3 cm³/mol. The van der Waals surface area contributed by atoms with Crippen LogP contribution in [0.15, 0.2) is 47.4 Å². The Balaban J connectivity index is 2.38. The first-order valence-electron chi connectivity index (χ1n) is 6.22. The lowest BCUT2D eigenvalue weighted by molar-refractivity contribution is 0.101. The summed E-state index contributed by atoms with van der Waals surface area (Å²) in [6, 6.07) is 9.89. The van der Waals surface area contributed by atoms with Crippen LogP contribution in [0.2, 0.25) is 5.02 Å². The minimum absolute atomic E-state index is 0.0437. The summed E-state index contributed by atoms with van der Waals surface area (Å²) in [6.45, 7) is 1.30. The molecule has 0 bridgehead atoms. The second-order valence-corrected chi connectivity index (χ2v) is 6.39. The molecular weight excluding hydrogens is 328 g/mol. The number of carbonyl (C=O) groups is 1. The fraction of sp³-hybridized carbons (Fsp3) is 0.133. The highest BCUT2D eigenvalue weighted by Gasteiger charge is 2.20. The lowest BCUT2D eigenvalue weighted by Gasteiger charge is -2.10. The number of hydrogen-bond acceptors (Lipinski definition) is 5. The number of carbonyl (C=O) groups excluding carboxylic acids is 1. The molecule has 0 N–H and O–H groups in total. The topological polar surface area (TPSA) is 69.7 Å². The van der Waals surface area contributed by atoms with Crippen LogP contribution in [0.4, 0.5) is 0 Å². The summed E-state index contributed by atoms with van der Waals surface area (Å²) in [6.07, 6.45) is 0. The van der Waals surface area contributed by atoms with Gasteiger partial charge in [-0.15, -0.1) is 0 Å². The van der Waals surface area contributed by atoms with Gasteiger partial charge in [-0.05, 0) is 49.4 Å². The third-order valence-electron chi connectivity index (χ3n) is 2.87. The normalized spacial score (nSPS) is 11.0. The smallest absolute Gasteiger partial charge is 0.339 e. The number of rotatable bonds is 5. The number of methoxy groups -OCH3 is 1. The molecule has 2 aromatic rings. The molecule has 2 aromatic carbocycles. The second kappa shape index (κ2) is 6.37. The molecule has 0 aliphatic carbocycles. The number of ether oxygens (including phenoxy) is 1. The van der Waals surface area contributed by atoms with Gasteiger partial charge < -0.3 is 8.92 Å². The molecule has 22 heavy (non-hydrogen) atoms. The monoisotopic (exact) mass is 340 g/mol. The molecule has 2 rings (SSSR count). The Morgan fingerprint density at radius 3 is 2.27 bits per heavy atom. The average molecular weight is 341 g/mol. The third kappa shape index (κ3) is 3.58. The maximum atomic E-state index is 12.3. The molecule has 0 aromatic heterocycles. The van der Waals surface area contributed by atoms with Gasteiger partial charge >= 0.3 is 10.1 Å². The van der Waals surface area contributed by atoms with E-state index in [0.717, 1.165) is 0 Å². The molecule has 0 radical (unpaired) electrons. The number of Topliss-reactive ketones (excluding diaryl/α,β-unsaturated/α-hetero) is 1. The average Bonchev–Trinajstić information content (AvgIpc) is 2.48. The van der Waals surface area contributed by atoms with Crippen molar-refractivity contribution < 1.29 is 22.1 Å². The van der Waals surface area contributed by atoms with Crippen molar-refractivity contribution in [1.82, 2.24) is 0 Å². The van der Waals surface area contributed by atoms with E-state index in [1.54, 1.807) is 0 Å². The van der Waals surface area contributed by atoms with E-state index in [2.05, 4.69) is 0 Å². The number of ketones is 1. The Morgan fingerprint density at radius 2 is 1.73 bits per heavy atom. The zero-order valence-electron chi connectivity index (χ0n) is 11.9. The van der Waals surface area contributed by atoms with Crippen LogP contribution in [0, 0.1) is 0 Å². The maximum absolute atomic E-state index is 12.3. The predicted octanol–water partition coefficient (Wildman–Crippen LogP) is 3.32. The van der Waals surface area contributed by atoms with Crippen LogP contribution in [-0.2, 0) is 10.1 Å². The van der Waals surface area contributed by atoms with Gasteiger partial charge in [0.25, 0.3) is 0 Å². The first-order chi connectivity index (χ1) is 10.3. The lowest BCUT2D eigenvalue weighted by Crippen LogP contribution is -2.12. The maximum Gasteiger partial charge on any atom is 0.339 e. The van der Waals surface area contributed by atoms with Crippen molar-refractivity contribution in [3.05, 3.63) is 53.1 Å².